The molecule has 1 rings (SSSR count). The fraction of sp³-hybridized carbons (Fsp3) is 0.583. The first-order chi connectivity index (χ1) is 8.44. The van der Waals surface area contributed by atoms with Crippen molar-refractivity contribution in [2.45, 2.75) is 26.3 Å². The van der Waals surface area contributed by atoms with Crippen LogP contribution in [0.3, 0.4) is 0 Å². The van der Waals surface area contributed by atoms with E-state index in [1.54, 1.807) is 12.4 Å². The van der Waals surface area contributed by atoms with Gasteiger partial charge >= 0.3 is 0 Å². The molecule has 0 radical (unpaired) electrons. The number of aryl methyl sites for hydroxylation is 1. The molecule has 0 fully saturated rings. The van der Waals surface area contributed by atoms with Crippen LogP contribution in [0.15, 0.2) is 24.5 Å². The molecular weight excluding hydrogens is 316 g/mol. The molecule has 0 saturated heterocycles. The number of hydrogen-bond donors (Lipinski definition) is 1. The molecule has 1 aromatic heterocycles. The maximum atomic E-state index is 11.9. The van der Waals surface area contributed by atoms with Crippen molar-refractivity contribution in [1.29, 1.82) is 0 Å². The molecule has 0 amide bonds. The molecule has 4 nitrogen and oxygen atoms in total. The van der Waals surface area contributed by atoms with E-state index in [1.165, 1.54) is 0 Å². The van der Waals surface area contributed by atoms with E-state index in [0.29, 0.717) is 11.8 Å². The molecule has 0 aromatic carbocycles. The van der Waals surface area contributed by atoms with E-state index < -0.39 is 10.0 Å². The summed E-state index contributed by atoms with van der Waals surface area (Å²) in [6.45, 7) is 3.99. The molecule has 102 valence electrons. The van der Waals surface area contributed by atoms with Gasteiger partial charge in [0.15, 0.2) is 0 Å². The highest BCUT2D eigenvalue weighted by molar-refractivity contribution is 9.09. The second kappa shape index (κ2) is 7.21. The van der Waals surface area contributed by atoms with Gasteiger partial charge in [0, 0.05) is 23.8 Å². The number of rotatable bonds is 7. The van der Waals surface area contributed by atoms with Crippen LogP contribution in [-0.2, 0) is 16.4 Å². The van der Waals surface area contributed by atoms with Crippen molar-refractivity contribution in [3.63, 3.8) is 0 Å². The second-order valence-corrected chi connectivity index (χ2v) is 7.07. The lowest BCUT2D eigenvalue weighted by molar-refractivity contribution is 0.483. The molecular formula is C12H19BrN2O2S. The molecule has 0 aliphatic heterocycles. The Hall–Kier alpha value is -0.460. The summed E-state index contributed by atoms with van der Waals surface area (Å²) >= 11 is 3.33. The Morgan fingerprint density at radius 3 is 2.44 bits per heavy atom. The molecule has 1 N–H and O–H groups in total. The second-order valence-electron chi connectivity index (χ2n) is 4.55. The summed E-state index contributed by atoms with van der Waals surface area (Å²) in [7, 11) is -3.24. The summed E-state index contributed by atoms with van der Waals surface area (Å²) in [5.41, 5.74) is 0.982. The van der Waals surface area contributed by atoms with Gasteiger partial charge in [-0.25, -0.2) is 13.1 Å². The number of nitrogens with one attached hydrogen (secondary N) is 1. The Morgan fingerprint density at radius 2 is 1.94 bits per heavy atom. The zero-order valence-electron chi connectivity index (χ0n) is 10.6. The van der Waals surface area contributed by atoms with Crippen LogP contribution in [-0.4, -0.2) is 30.5 Å². The first-order valence-corrected chi connectivity index (χ1v) is 8.67. The van der Waals surface area contributed by atoms with Gasteiger partial charge < -0.3 is 0 Å². The molecule has 1 aromatic rings. The Bertz CT molecular complexity index is 448. The summed E-state index contributed by atoms with van der Waals surface area (Å²) in [5, 5.41) is 0.624. The maximum absolute atomic E-state index is 11.9. The number of nitrogens with zero attached hydrogens (tertiary/aromatic N) is 1. The molecule has 0 saturated carbocycles. The van der Waals surface area contributed by atoms with Crippen LogP contribution in [0.5, 0.6) is 0 Å². The van der Waals surface area contributed by atoms with Crippen LogP contribution in [0.1, 0.15) is 19.4 Å². The topological polar surface area (TPSA) is 59.1 Å². The van der Waals surface area contributed by atoms with Crippen molar-refractivity contribution in [2.24, 2.45) is 5.92 Å². The third kappa shape index (κ3) is 5.46. The molecule has 0 spiro atoms. The maximum Gasteiger partial charge on any atom is 0.212 e. The lowest BCUT2D eigenvalue weighted by Crippen LogP contribution is -2.41. The van der Waals surface area contributed by atoms with Crippen molar-refractivity contribution >= 4 is 26.0 Å². The highest BCUT2D eigenvalue weighted by Gasteiger charge is 2.19. The first-order valence-electron chi connectivity index (χ1n) is 5.89. The van der Waals surface area contributed by atoms with Crippen LogP contribution < -0.4 is 4.72 Å². The van der Waals surface area contributed by atoms with Crippen molar-refractivity contribution in [2.75, 3.05) is 11.1 Å². The van der Waals surface area contributed by atoms with E-state index in [4.69, 9.17) is 0 Å². The van der Waals surface area contributed by atoms with Crippen LogP contribution >= 0.6 is 15.9 Å². The minimum atomic E-state index is -3.24. The van der Waals surface area contributed by atoms with Crippen molar-refractivity contribution in [3.05, 3.63) is 30.1 Å². The molecule has 1 heterocycles. The average molecular weight is 335 g/mol. The van der Waals surface area contributed by atoms with Gasteiger partial charge in [-0.1, -0.05) is 29.8 Å². The van der Waals surface area contributed by atoms with Crippen LogP contribution in [0, 0.1) is 5.92 Å². The van der Waals surface area contributed by atoms with Gasteiger partial charge in [-0.05, 0) is 30.0 Å². The number of aromatic nitrogens is 1. The van der Waals surface area contributed by atoms with Gasteiger partial charge in [0.25, 0.3) is 0 Å². The van der Waals surface area contributed by atoms with E-state index in [-0.39, 0.29) is 17.7 Å². The van der Waals surface area contributed by atoms with Gasteiger partial charge in [-0.3, -0.25) is 4.98 Å². The molecule has 0 aliphatic rings. The highest BCUT2D eigenvalue weighted by Crippen LogP contribution is 2.07. The van der Waals surface area contributed by atoms with E-state index in [9.17, 15) is 8.42 Å². The van der Waals surface area contributed by atoms with Crippen LogP contribution in [0.2, 0.25) is 0 Å². The minimum Gasteiger partial charge on any atom is -0.265 e. The van der Waals surface area contributed by atoms with Gasteiger partial charge in [0.2, 0.25) is 10.0 Å². The summed E-state index contributed by atoms with van der Waals surface area (Å²) in [5.74, 6) is 0.368. The van der Waals surface area contributed by atoms with Gasteiger partial charge in [0.05, 0.1) is 5.75 Å². The van der Waals surface area contributed by atoms with E-state index in [1.807, 2.05) is 26.0 Å². The fourth-order valence-corrected chi connectivity index (χ4v) is 4.00. The zero-order chi connectivity index (χ0) is 13.6. The number of pyridine rings is 1. The molecule has 1 unspecified atom stereocenters. The van der Waals surface area contributed by atoms with Crippen LogP contribution in [0.4, 0.5) is 0 Å². The minimum absolute atomic E-state index is 0.0626. The zero-order valence-corrected chi connectivity index (χ0v) is 13.0. The first kappa shape index (κ1) is 15.6. The average Bonchev–Trinajstić information content (AvgIpc) is 2.35. The Morgan fingerprint density at radius 1 is 1.33 bits per heavy atom. The number of halogens is 1. The number of hydrogen-bond acceptors (Lipinski definition) is 3. The highest BCUT2D eigenvalue weighted by atomic mass is 79.9. The number of alkyl halides is 1. The molecule has 0 bridgehead atoms. The lowest BCUT2D eigenvalue weighted by Gasteiger charge is -2.19. The molecule has 1 atom stereocenters. The summed E-state index contributed by atoms with van der Waals surface area (Å²) in [6.07, 6.45) is 3.85. The predicted octanol–water partition coefficient (Wildman–Crippen LogP) is 1.96. The van der Waals surface area contributed by atoms with Gasteiger partial charge in [-0.15, -0.1) is 0 Å². The smallest absolute Gasteiger partial charge is 0.212 e. The summed E-state index contributed by atoms with van der Waals surface area (Å²) in [4.78, 5) is 3.90. The fourth-order valence-electron chi connectivity index (χ4n) is 1.44. The van der Waals surface area contributed by atoms with Crippen molar-refractivity contribution in [1.82, 2.24) is 9.71 Å². The number of sulfonamides is 1. The standard InChI is InChI=1S/C12H19BrN2O2S/c1-10(2)12(9-13)15-18(16,17)8-5-11-3-6-14-7-4-11/h3-4,6-7,10,12,15H,5,8-9H2,1-2H3. The molecule has 18 heavy (non-hydrogen) atoms. The van der Waals surface area contributed by atoms with Gasteiger partial charge in [0.1, 0.15) is 0 Å². The van der Waals surface area contributed by atoms with Gasteiger partial charge in [-0.2, -0.15) is 0 Å². The van der Waals surface area contributed by atoms with Crippen molar-refractivity contribution in [3.8, 4) is 0 Å². The Balaban J connectivity index is 2.55. The summed E-state index contributed by atoms with van der Waals surface area (Å²) < 4.78 is 26.6. The van der Waals surface area contributed by atoms with E-state index in [0.717, 1.165) is 5.56 Å². The largest absolute Gasteiger partial charge is 0.265 e. The van der Waals surface area contributed by atoms with Crippen LogP contribution in [0.25, 0.3) is 0 Å². The normalized spacial score (nSPS) is 13.8. The third-order valence-electron chi connectivity index (χ3n) is 2.71. The molecule has 6 heteroatoms. The molecule has 0 aliphatic carbocycles. The third-order valence-corrected chi connectivity index (χ3v) is 4.81. The monoisotopic (exact) mass is 334 g/mol. The van der Waals surface area contributed by atoms with E-state index in [2.05, 4.69) is 25.6 Å². The Labute approximate surface area is 117 Å². The lowest BCUT2D eigenvalue weighted by atomic mass is 10.1. The predicted molar refractivity (Wildman–Crippen MR) is 77.3 cm³/mol. The quantitative estimate of drug-likeness (QED) is 0.775. The van der Waals surface area contributed by atoms with E-state index >= 15 is 0 Å². The summed E-state index contributed by atoms with van der Waals surface area (Å²) in [6, 6.07) is 3.60. The SMILES string of the molecule is CC(C)C(CBr)NS(=O)(=O)CCc1ccncc1. The Kier molecular flexibility index (Phi) is 6.25. The van der Waals surface area contributed by atoms with Crippen molar-refractivity contribution < 1.29 is 8.42 Å².